The Bertz CT molecular complexity index is 1620. The molecular formula is C27H29N7O4S. The van der Waals surface area contributed by atoms with Crippen molar-refractivity contribution in [1.29, 1.82) is 0 Å². The highest BCUT2D eigenvalue weighted by molar-refractivity contribution is 7.89. The molecule has 12 heteroatoms. The largest absolute Gasteiger partial charge is 0.497 e. The lowest BCUT2D eigenvalue weighted by Crippen LogP contribution is -2.40. The third-order valence-corrected chi connectivity index (χ3v) is 8.23. The molecule has 0 spiro atoms. The summed E-state index contributed by atoms with van der Waals surface area (Å²) in [5, 5.41) is 5.52. The van der Waals surface area contributed by atoms with Gasteiger partial charge in [0, 0.05) is 25.2 Å². The number of sulfonamides is 1. The van der Waals surface area contributed by atoms with Gasteiger partial charge in [0.05, 0.1) is 23.4 Å². The van der Waals surface area contributed by atoms with Gasteiger partial charge in [-0.2, -0.15) is 5.10 Å². The molecule has 3 N–H and O–H groups in total. The highest BCUT2D eigenvalue weighted by atomic mass is 32.2. The summed E-state index contributed by atoms with van der Waals surface area (Å²) < 4.78 is 34.9. The lowest BCUT2D eigenvalue weighted by Gasteiger charge is -2.32. The number of hydrogen-bond acceptors (Lipinski definition) is 8. The van der Waals surface area contributed by atoms with E-state index in [1.165, 1.54) is 31.6 Å². The Labute approximate surface area is 226 Å². The van der Waals surface area contributed by atoms with Crippen LogP contribution >= 0.6 is 0 Å². The second-order valence-electron chi connectivity index (χ2n) is 9.23. The zero-order valence-electron chi connectivity index (χ0n) is 21.4. The lowest BCUT2D eigenvalue weighted by molar-refractivity contribution is -0.127. The Hall–Kier alpha value is -4.29. The summed E-state index contributed by atoms with van der Waals surface area (Å²) in [6.07, 6.45) is 4.41. The quantitative estimate of drug-likeness (QED) is 0.320. The molecule has 0 saturated carbocycles. The molecule has 1 aliphatic rings. The third kappa shape index (κ3) is 5.33. The molecule has 0 aliphatic carbocycles. The summed E-state index contributed by atoms with van der Waals surface area (Å²) >= 11 is 0. The summed E-state index contributed by atoms with van der Waals surface area (Å²) in [7, 11) is -2.17. The first kappa shape index (κ1) is 26.3. The Morgan fingerprint density at radius 3 is 2.62 bits per heavy atom. The van der Waals surface area contributed by atoms with Crippen LogP contribution in [-0.4, -0.2) is 59.2 Å². The average molecular weight is 548 g/mol. The van der Waals surface area contributed by atoms with Crippen LogP contribution in [0.2, 0.25) is 0 Å². The number of nitrogen functional groups attached to an aromatic ring is 1. The van der Waals surface area contributed by atoms with Gasteiger partial charge in [0.2, 0.25) is 15.9 Å². The van der Waals surface area contributed by atoms with Crippen molar-refractivity contribution in [1.82, 2.24) is 29.4 Å². The second kappa shape index (κ2) is 10.8. The maximum absolute atomic E-state index is 12.7. The molecule has 1 fully saturated rings. The van der Waals surface area contributed by atoms with Gasteiger partial charge < -0.3 is 15.4 Å². The summed E-state index contributed by atoms with van der Waals surface area (Å²) in [6.45, 7) is 4.89. The number of nitrogens with two attached hydrogens (primary N) is 1. The maximum Gasteiger partial charge on any atom is 0.246 e. The van der Waals surface area contributed by atoms with Crippen LogP contribution in [0.5, 0.6) is 5.75 Å². The number of hydrogen-bond donors (Lipinski definition) is 2. The van der Waals surface area contributed by atoms with Crippen LogP contribution in [0.15, 0.2) is 72.4 Å². The normalized spacial score (nSPS) is 15.8. The van der Waals surface area contributed by atoms with E-state index in [0.29, 0.717) is 41.4 Å². The number of anilines is 1. The number of piperidine rings is 1. The molecule has 0 radical (unpaired) electrons. The van der Waals surface area contributed by atoms with Gasteiger partial charge in [0.25, 0.3) is 0 Å². The zero-order valence-corrected chi connectivity index (χ0v) is 22.3. The van der Waals surface area contributed by atoms with Gasteiger partial charge >= 0.3 is 0 Å². The van der Waals surface area contributed by atoms with Crippen LogP contribution in [0, 0.1) is 0 Å². The molecule has 1 aliphatic heterocycles. The number of amides is 1. The standard InChI is InChI=1S/C27H29N7O4S/c1-3-23(35)33-14-4-5-20(16-33)34-27-24(26(28)29-17-30-27)25(32-34)19-8-6-18(7-9-19)15-31-39(36,37)22-12-10-21(38-2)11-13-22/h3,6-13,17,20,31H,1,4-5,14-16H2,2H3,(H2,28,29,30)/t20-/m1/s1. The van der Waals surface area contributed by atoms with Crippen molar-refractivity contribution in [2.45, 2.75) is 30.3 Å². The van der Waals surface area contributed by atoms with Gasteiger partial charge in [0.1, 0.15) is 23.6 Å². The summed E-state index contributed by atoms with van der Waals surface area (Å²) in [5.41, 5.74) is 9.06. The number of aromatic nitrogens is 4. The number of benzene rings is 2. The average Bonchev–Trinajstić information content (AvgIpc) is 3.37. The molecule has 1 atom stereocenters. The smallest absolute Gasteiger partial charge is 0.246 e. The van der Waals surface area contributed by atoms with E-state index in [4.69, 9.17) is 15.6 Å². The summed E-state index contributed by atoms with van der Waals surface area (Å²) in [6, 6.07) is 13.5. The van der Waals surface area contributed by atoms with Crippen molar-refractivity contribution in [3.8, 4) is 17.0 Å². The molecule has 3 heterocycles. The molecule has 4 aromatic rings. The van der Waals surface area contributed by atoms with E-state index in [-0.39, 0.29) is 23.4 Å². The number of methoxy groups -OCH3 is 1. The number of fused-ring (bicyclic) bond motifs is 1. The first-order valence-electron chi connectivity index (χ1n) is 12.4. The molecular weight excluding hydrogens is 518 g/mol. The topological polar surface area (TPSA) is 145 Å². The Kier molecular flexibility index (Phi) is 7.31. The van der Waals surface area contributed by atoms with Gasteiger partial charge in [0.15, 0.2) is 5.65 Å². The molecule has 1 saturated heterocycles. The van der Waals surface area contributed by atoms with Crippen molar-refractivity contribution in [2.75, 3.05) is 25.9 Å². The molecule has 0 bridgehead atoms. The van der Waals surface area contributed by atoms with Crippen LogP contribution < -0.4 is 15.2 Å². The van der Waals surface area contributed by atoms with Crippen LogP contribution in [0.1, 0.15) is 24.4 Å². The SMILES string of the molecule is C=CC(=O)N1CCC[C@@H](n2nc(-c3ccc(CNS(=O)(=O)c4ccc(OC)cc4)cc3)c3c(N)ncnc32)C1. The predicted molar refractivity (Wildman–Crippen MR) is 147 cm³/mol. The van der Waals surface area contributed by atoms with E-state index in [2.05, 4.69) is 21.3 Å². The van der Waals surface area contributed by atoms with Crippen LogP contribution in [-0.2, 0) is 21.4 Å². The lowest BCUT2D eigenvalue weighted by atomic mass is 10.1. The number of nitrogens with one attached hydrogen (secondary N) is 1. The highest BCUT2D eigenvalue weighted by Gasteiger charge is 2.28. The minimum atomic E-state index is -3.69. The van der Waals surface area contributed by atoms with Gasteiger partial charge in [-0.05, 0) is 48.7 Å². The van der Waals surface area contributed by atoms with Gasteiger partial charge in [-0.1, -0.05) is 30.8 Å². The molecule has 1 amide bonds. The fourth-order valence-electron chi connectivity index (χ4n) is 4.73. The summed E-state index contributed by atoms with van der Waals surface area (Å²) in [4.78, 5) is 22.8. The van der Waals surface area contributed by atoms with Crippen molar-refractivity contribution in [3.05, 3.63) is 73.1 Å². The van der Waals surface area contributed by atoms with E-state index in [0.717, 1.165) is 24.0 Å². The van der Waals surface area contributed by atoms with Crippen LogP contribution in [0.3, 0.4) is 0 Å². The molecule has 202 valence electrons. The molecule has 11 nitrogen and oxygen atoms in total. The monoisotopic (exact) mass is 547 g/mol. The van der Waals surface area contributed by atoms with E-state index < -0.39 is 10.0 Å². The third-order valence-electron chi connectivity index (χ3n) is 6.81. The Morgan fingerprint density at radius 2 is 1.92 bits per heavy atom. The van der Waals surface area contributed by atoms with E-state index in [1.807, 2.05) is 28.9 Å². The van der Waals surface area contributed by atoms with Crippen molar-refractivity contribution in [2.24, 2.45) is 0 Å². The predicted octanol–water partition coefficient (Wildman–Crippen LogP) is 2.91. The molecule has 2 aromatic carbocycles. The van der Waals surface area contributed by atoms with Crippen LogP contribution in [0.25, 0.3) is 22.3 Å². The number of carbonyl (C=O) groups excluding carboxylic acids is 1. The molecule has 2 aromatic heterocycles. The number of ether oxygens (including phenoxy) is 1. The Morgan fingerprint density at radius 1 is 1.18 bits per heavy atom. The first-order valence-corrected chi connectivity index (χ1v) is 13.9. The van der Waals surface area contributed by atoms with E-state index in [9.17, 15) is 13.2 Å². The minimum Gasteiger partial charge on any atom is -0.497 e. The first-order chi connectivity index (χ1) is 18.8. The van der Waals surface area contributed by atoms with Crippen molar-refractivity contribution in [3.63, 3.8) is 0 Å². The molecule has 5 rings (SSSR count). The number of likely N-dealkylation sites (tertiary alicyclic amines) is 1. The van der Waals surface area contributed by atoms with Gasteiger partial charge in [-0.25, -0.2) is 27.8 Å². The second-order valence-corrected chi connectivity index (χ2v) is 11.0. The van der Waals surface area contributed by atoms with Gasteiger partial charge in [-0.3, -0.25) is 4.79 Å². The van der Waals surface area contributed by atoms with Crippen molar-refractivity contribution >= 4 is 32.8 Å². The number of nitrogens with zero attached hydrogens (tertiary/aromatic N) is 5. The maximum atomic E-state index is 12.7. The zero-order chi connectivity index (χ0) is 27.6. The molecule has 0 unspecified atom stereocenters. The van der Waals surface area contributed by atoms with Crippen LogP contribution in [0.4, 0.5) is 5.82 Å². The number of carbonyl (C=O) groups is 1. The summed E-state index contributed by atoms with van der Waals surface area (Å²) in [5.74, 6) is 0.785. The van der Waals surface area contributed by atoms with Crippen molar-refractivity contribution < 1.29 is 17.9 Å². The minimum absolute atomic E-state index is 0.0696. The van der Waals surface area contributed by atoms with E-state index in [1.54, 1.807) is 17.0 Å². The molecule has 39 heavy (non-hydrogen) atoms. The number of rotatable bonds is 8. The fourth-order valence-corrected chi connectivity index (χ4v) is 5.75. The Balaban J connectivity index is 1.39. The highest BCUT2D eigenvalue weighted by Crippen LogP contribution is 2.34. The fraction of sp³-hybridized carbons (Fsp3) is 0.259. The van der Waals surface area contributed by atoms with E-state index >= 15 is 0 Å². The van der Waals surface area contributed by atoms with Gasteiger partial charge in [-0.15, -0.1) is 0 Å².